The van der Waals surface area contributed by atoms with E-state index >= 15 is 0 Å². The maximum atomic E-state index is 11.8. The van der Waals surface area contributed by atoms with Crippen LogP contribution in [0.1, 0.15) is 25.7 Å². The Morgan fingerprint density at radius 3 is 2.36 bits per heavy atom. The molecule has 2 unspecified atom stereocenters. The third-order valence-electron chi connectivity index (χ3n) is 3.13. The quantitative estimate of drug-likeness (QED) is 0.658. The number of alkyl halides is 1. The highest BCUT2D eigenvalue weighted by atomic mass is 19.1. The molecule has 0 aromatic heterocycles. The van der Waals surface area contributed by atoms with Crippen LogP contribution in [0.3, 0.4) is 0 Å². The van der Waals surface area contributed by atoms with Gasteiger partial charge in [0.2, 0.25) is 0 Å². The molecule has 11 heavy (non-hydrogen) atoms. The first-order valence-corrected chi connectivity index (χ1v) is 4.73. The van der Waals surface area contributed by atoms with Crippen molar-refractivity contribution in [2.45, 2.75) is 31.7 Å². The van der Waals surface area contributed by atoms with E-state index in [2.05, 4.69) is 5.32 Å². The molecule has 0 amide bonds. The summed E-state index contributed by atoms with van der Waals surface area (Å²) in [5.41, 5.74) is 0. The predicted octanol–water partition coefficient (Wildman–Crippen LogP) is 1.73. The van der Waals surface area contributed by atoms with Gasteiger partial charge in [0.25, 0.3) is 0 Å². The van der Waals surface area contributed by atoms with Gasteiger partial charge in [-0.05, 0) is 24.7 Å². The van der Waals surface area contributed by atoms with Gasteiger partial charge < -0.3 is 5.32 Å². The fourth-order valence-electron chi connectivity index (χ4n) is 2.52. The van der Waals surface area contributed by atoms with Crippen molar-refractivity contribution in [3.05, 3.63) is 0 Å². The first-order valence-electron chi connectivity index (χ1n) is 4.73. The molecule has 2 fully saturated rings. The fourth-order valence-corrected chi connectivity index (χ4v) is 2.52. The highest BCUT2D eigenvalue weighted by Crippen LogP contribution is 2.49. The molecule has 0 aromatic carbocycles. The van der Waals surface area contributed by atoms with Crippen molar-refractivity contribution < 1.29 is 4.39 Å². The Bertz CT molecular complexity index is 126. The van der Waals surface area contributed by atoms with Crippen molar-refractivity contribution in [3.8, 4) is 0 Å². The molecule has 2 atom stereocenters. The number of fused-ring (bicyclic) bond motifs is 1. The lowest BCUT2D eigenvalue weighted by molar-refractivity contribution is 0.458. The van der Waals surface area contributed by atoms with Gasteiger partial charge in [0.05, 0.1) is 0 Å². The summed E-state index contributed by atoms with van der Waals surface area (Å²) in [6.45, 7) is 0.355. The lowest BCUT2D eigenvalue weighted by atomic mass is 10.0. The molecule has 1 N–H and O–H groups in total. The van der Waals surface area contributed by atoms with Crippen LogP contribution in [0.25, 0.3) is 0 Å². The molecule has 0 spiro atoms. The van der Waals surface area contributed by atoms with Crippen LogP contribution in [0.2, 0.25) is 0 Å². The van der Waals surface area contributed by atoms with E-state index in [4.69, 9.17) is 0 Å². The highest BCUT2D eigenvalue weighted by molar-refractivity contribution is 5.04. The summed E-state index contributed by atoms with van der Waals surface area (Å²) in [6.07, 6.45) is 5.56. The summed E-state index contributed by atoms with van der Waals surface area (Å²) in [7, 11) is 0. The zero-order valence-corrected chi connectivity index (χ0v) is 6.85. The Balaban J connectivity index is 1.72. The van der Waals surface area contributed by atoms with Gasteiger partial charge in [-0.1, -0.05) is 12.8 Å². The Kier molecular flexibility index (Phi) is 2.12. The Hall–Kier alpha value is -0.110. The van der Waals surface area contributed by atoms with Gasteiger partial charge in [-0.2, -0.15) is 0 Å². The lowest BCUT2D eigenvalue weighted by Gasteiger charge is -2.04. The fraction of sp³-hybridized carbons (Fsp3) is 1.00. The van der Waals surface area contributed by atoms with Crippen molar-refractivity contribution in [3.63, 3.8) is 0 Å². The number of hydrogen-bond acceptors (Lipinski definition) is 1. The van der Waals surface area contributed by atoms with Crippen LogP contribution in [0.4, 0.5) is 4.39 Å². The Labute approximate surface area is 67.4 Å². The van der Waals surface area contributed by atoms with Crippen LogP contribution in [0.5, 0.6) is 0 Å². The summed E-state index contributed by atoms with van der Waals surface area (Å²) in [5, 5.41) is 3.27. The summed E-state index contributed by atoms with van der Waals surface area (Å²) in [6, 6.07) is 0.688. The topological polar surface area (TPSA) is 12.0 Å². The third-order valence-corrected chi connectivity index (χ3v) is 3.13. The zero-order valence-electron chi connectivity index (χ0n) is 6.85. The van der Waals surface area contributed by atoms with Crippen LogP contribution in [0.15, 0.2) is 0 Å². The molecule has 2 heteroatoms. The first kappa shape index (κ1) is 7.53. The second-order valence-electron chi connectivity index (χ2n) is 3.78. The van der Waals surface area contributed by atoms with E-state index in [1.54, 1.807) is 0 Å². The average Bonchev–Trinajstić information content (AvgIpc) is 2.75. The molecule has 0 heterocycles. The molecule has 1 nitrogen and oxygen atoms in total. The molecule has 0 bridgehead atoms. The molecule has 64 valence electrons. The van der Waals surface area contributed by atoms with Gasteiger partial charge in [0, 0.05) is 12.6 Å². The van der Waals surface area contributed by atoms with Crippen LogP contribution in [0, 0.1) is 11.8 Å². The monoisotopic (exact) mass is 157 g/mol. The van der Waals surface area contributed by atoms with E-state index in [0.717, 1.165) is 11.8 Å². The molecular weight excluding hydrogens is 141 g/mol. The van der Waals surface area contributed by atoms with Gasteiger partial charge >= 0.3 is 0 Å². The standard InChI is InChI=1S/C9H16FN/c10-5-6-11-9-7-3-1-2-4-8(7)9/h7-9,11H,1-6H2. The molecule has 0 radical (unpaired) electrons. The van der Waals surface area contributed by atoms with Gasteiger partial charge in [0.15, 0.2) is 0 Å². The molecule has 2 aliphatic carbocycles. The Morgan fingerprint density at radius 2 is 1.82 bits per heavy atom. The number of halogens is 1. The second-order valence-corrected chi connectivity index (χ2v) is 3.78. The van der Waals surface area contributed by atoms with Gasteiger partial charge in [-0.3, -0.25) is 0 Å². The zero-order chi connectivity index (χ0) is 7.68. The number of nitrogens with one attached hydrogen (secondary N) is 1. The van der Waals surface area contributed by atoms with Crippen molar-refractivity contribution in [1.29, 1.82) is 0 Å². The maximum absolute atomic E-state index is 11.8. The maximum Gasteiger partial charge on any atom is 0.102 e. The summed E-state index contributed by atoms with van der Waals surface area (Å²) >= 11 is 0. The van der Waals surface area contributed by atoms with Gasteiger partial charge in [0.1, 0.15) is 6.67 Å². The van der Waals surface area contributed by atoms with Crippen molar-refractivity contribution >= 4 is 0 Å². The third kappa shape index (κ3) is 1.41. The SMILES string of the molecule is FCCNC1C2CCCCC21. The second kappa shape index (κ2) is 3.10. The van der Waals surface area contributed by atoms with E-state index in [1.807, 2.05) is 0 Å². The van der Waals surface area contributed by atoms with E-state index in [1.165, 1.54) is 25.7 Å². The largest absolute Gasteiger partial charge is 0.311 e. The minimum atomic E-state index is -0.212. The normalized spacial score (nSPS) is 41.7. The molecule has 0 saturated heterocycles. The summed E-state index contributed by atoms with van der Waals surface area (Å²) in [5.74, 6) is 1.82. The minimum Gasteiger partial charge on any atom is -0.311 e. The molecule has 2 aliphatic rings. The van der Waals surface area contributed by atoms with Crippen LogP contribution < -0.4 is 5.32 Å². The van der Waals surface area contributed by atoms with Crippen LogP contribution in [-0.2, 0) is 0 Å². The van der Waals surface area contributed by atoms with Crippen molar-refractivity contribution in [1.82, 2.24) is 5.32 Å². The predicted molar refractivity (Wildman–Crippen MR) is 43.2 cm³/mol. The van der Waals surface area contributed by atoms with Gasteiger partial charge in [-0.15, -0.1) is 0 Å². The van der Waals surface area contributed by atoms with E-state index in [0.29, 0.717) is 12.6 Å². The molecular formula is C9H16FN. The first-order chi connectivity index (χ1) is 5.43. The summed E-state index contributed by atoms with van der Waals surface area (Å²) < 4.78 is 11.8. The number of hydrogen-bond donors (Lipinski definition) is 1. The number of rotatable bonds is 3. The summed E-state index contributed by atoms with van der Waals surface area (Å²) in [4.78, 5) is 0. The molecule has 2 saturated carbocycles. The molecule has 0 aromatic rings. The average molecular weight is 157 g/mol. The minimum absolute atomic E-state index is 0.212. The van der Waals surface area contributed by atoms with E-state index in [9.17, 15) is 4.39 Å². The Morgan fingerprint density at radius 1 is 1.18 bits per heavy atom. The lowest BCUT2D eigenvalue weighted by Crippen LogP contribution is -2.21. The van der Waals surface area contributed by atoms with Crippen molar-refractivity contribution in [2.24, 2.45) is 11.8 Å². The van der Waals surface area contributed by atoms with Crippen LogP contribution >= 0.6 is 0 Å². The highest BCUT2D eigenvalue weighted by Gasteiger charge is 2.49. The van der Waals surface area contributed by atoms with Crippen molar-refractivity contribution in [2.75, 3.05) is 13.2 Å². The smallest absolute Gasteiger partial charge is 0.102 e. The van der Waals surface area contributed by atoms with Crippen LogP contribution in [-0.4, -0.2) is 19.3 Å². The molecule has 2 rings (SSSR count). The van der Waals surface area contributed by atoms with Gasteiger partial charge in [-0.25, -0.2) is 4.39 Å². The van der Waals surface area contributed by atoms with E-state index in [-0.39, 0.29) is 6.67 Å². The van der Waals surface area contributed by atoms with E-state index < -0.39 is 0 Å². The molecule has 0 aliphatic heterocycles.